The summed E-state index contributed by atoms with van der Waals surface area (Å²) in [4.78, 5) is 0. The highest BCUT2D eigenvalue weighted by atomic mass is 35.5. The van der Waals surface area contributed by atoms with Gasteiger partial charge in [0.2, 0.25) is 0 Å². The highest BCUT2D eigenvalue weighted by molar-refractivity contribution is 6.33. The van der Waals surface area contributed by atoms with Crippen molar-refractivity contribution in [1.82, 2.24) is 0 Å². The van der Waals surface area contributed by atoms with Gasteiger partial charge in [-0.25, -0.2) is 4.39 Å². The topological polar surface area (TPSA) is 12.0 Å². The van der Waals surface area contributed by atoms with Crippen molar-refractivity contribution in [2.75, 3.05) is 5.32 Å². The Hall–Kier alpha value is -1.75. The lowest BCUT2D eigenvalue weighted by Crippen LogP contribution is -2.06. The second-order valence-electron chi connectivity index (χ2n) is 4.17. The second kappa shape index (κ2) is 5.71. The van der Waals surface area contributed by atoms with Gasteiger partial charge in [0, 0.05) is 6.54 Å². The molecule has 0 amide bonds. The molecule has 1 N–H and O–H groups in total. The maximum absolute atomic E-state index is 12.7. The molecule has 0 aliphatic rings. The molecular formula is C14H10ClF4N. The van der Waals surface area contributed by atoms with Crippen LogP contribution in [0.15, 0.2) is 42.5 Å². The summed E-state index contributed by atoms with van der Waals surface area (Å²) in [6.45, 7) is 0.339. The van der Waals surface area contributed by atoms with Crippen molar-refractivity contribution in [2.24, 2.45) is 0 Å². The summed E-state index contributed by atoms with van der Waals surface area (Å²) in [6.07, 6.45) is -4.42. The third kappa shape index (κ3) is 3.63. The van der Waals surface area contributed by atoms with Crippen LogP contribution in [0.4, 0.5) is 23.2 Å². The minimum atomic E-state index is -4.42. The average Bonchev–Trinajstić information content (AvgIpc) is 2.38. The van der Waals surface area contributed by atoms with Crippen LogP contribution in [0.3, 0.4) is 0 Å². The predicted molar refractivity (Wildman–Crippen MR) is 70.2 cm³/mol. The van der Waals surface area contributed by atoms with Crippen LogP contribution in [-0.4, -0.2) is 0 Å². The molecule has 106 valence electrons. The van der Waals surface area contributed by atoms with E-state index in [0.29, 0.717) is 12.2 Å². The summed E-state index contributed by atoms with van der Waals surface area (Å²) < 4.78 is 50.1. The zero-order valence-corrected chi connectivity index (χ0v) is 10.9. The lowest BCUT2D eigenvalue weighted by atomic mass is 10.2. The lowest BCUT2D eigenvalue weighted by Gasteiger charge is -2.11. The smallest absolute Gasteiger partial charge is 0.380 e. The maximum Gasteiger partial charge on any atom is 0.416 e. The molecule has 0 aromatic heterocycles. The van der Waals surface area contributed by atoms with Gasteiger partial charge in [-0.2, -0.15) is 13.2 Å². The van der Waals surface area contributed by atoms with Crippen LogP contribution in [-0.2, 0) is 12.7 Å². The molecule has 2 aromatic carbocycles. The molecule has 0 saturated carbocycles. The van der Waals surface area contributed by atoms with Crippen LogP contribution in [0.25, 0.3) is 0 Å². The fourth-order valence-electron chi connectivity index (χ4n) is 1.63. The van der Waals surface area contributed by atoms with E-state index < -0.39 is 11.7 Å². The average molecular weight is 304 g/mol. The van der Waals surface area contributed by atoms with E-state index in [2.05, 4.69) is 5.32 Å². The predicted octanol–water partition coefficient (Wildman–Crippen LogP) is 5.11. The van der Waals surface area contributed by atoms with Crippen LogP contribution in [0.1, 0.15) is 11.1 Å². The molecular weight excluding hydrogens is 294 g/mol. The first-order valence-electron chi connectivity index (χ1n) is 5.71. The summed E-state index contributed by atoms with van der Waals surface area (Å²) in [6, 6.07) is 8.89. The minimum absolute atomic E-state index is 0.0121. The van der Waals surface area contributed by atoms with Crippen molar-refractivity contribution < 1.29 is 17.6 Å². The van der Waals surface area contributed by atoms with Crippen LogP contribution >= 0.6 is 11.6 Å². The third-order valence-electron chi connectivity index (χ3n) is 2.69. The van der Waals surface area contributed by atoms with Gasteiger partial charge >= 0.3 is 6.18 Å². The first kappa shape index (κ1) is 14.7. The Bertz CT molecular complexity index is 593. The zero-order valence-electron chi connectivity index (χ0n) is 10.1. The van der Waals surface area contributed by atoms with Crippen LogP contribution in [0, 0.1) is 5.82 Å². The Labute approximate surface area is 118 Å². The van der Waals surface area contributed by atoms with Gasteiger partial charge in [-0.15, -0.1) is 0 Å². The molecule has 2 rings (SSSR count). The Morgan fingerprint density at radius 1 is 1.00 bits per heavy atom. The molecule has 0 bridgehead atoms. The minimum Gasteiger partial charge on any atom is -0.380 e. The summed E-state index contributed by atoms with van der Waals surface area (Å²) in [5, 5.41) is 2.89. The van der Waals surface area contributed by atoms with E-state index in [1.165, 1.54) is 18.2 Å². The summed E-state index contributed by atoms with van der Waals surface area (Å²) in [5.74, 6) is -0.346. The van der Waals surface area contributed by atoms with E-state index >= 15 is 0 Å². The first-order chi connectivity index (χ1) is 9.36. The zero-order chi connectivity index (χ0) is 14.8. The van der Waals surface area contributed by atoms with E-state index in [4.69, 9.17) is 11.6 Å². The number of anilines is 1. The fraction of sp³-hybridized carbons (Fsp3) is 0.143. The van der Waals surface area contributed by atoms with Gasteiger partial charge in [0.25, 0.3) is 0 Å². The van der Waals surface area contributed by atoms with Crippen molar-refractivity contribution in [2.45, 2.75) is 12.7 Å². The van der Waals surface area contributed by atoms with Crippen LogP contribution in [0.5, 0.6) is 0 Å². The number of rotatable bonds is 3. The molecule has 0 radical (unpaired) electrons. The normalized spacial score (nSPS) is 11.4. The Morgan fingerprint density at radius 3 is 2.20 bits per heavy atom. The van der Waals surface area contributed by atoms with Gasteiger partial charge in [-0.05, 0) is 35.9 Å². The quantitative estimate of drug-likeness (QED) is 0.777. The highest BCUT2D eigenvalue weighted by Crippen LogP contribution is 2.33. The Morgan fingerprint density at radius 2 is 1.65 bits per heavy atom. The number of hydrogen-bond acceptors (Lipinski definition) is 1. The SMILES string of the molecule is Fc1ccc(CNc2ccc(C(F)(F)F)cc2Cl)cc1. The number of hydrogen-bond donors (Lipinski definition) is 1. The van der Waals surface area contributed by atoms with E-state index in [-0.39, 0.29) is 10.8 Å². The standard InChI is InChI=1S/C14H10ClF4N/c15-12-7-10(14(17,18)19)3-6-13(12)20-8-9-1-4-11(16)5-2-9/h1-7,20H,8H2. The molecule has 0 heterocycles. The first-order valence-corrected chi connectivity index (χ1v) is 6.09. The maximum atomic E-state index is 12.7. The van der Waals surface area contributed by atoms with Crippen molar-refractivity contribution >= 4 is 17.3 Å². The molecule has 0 fully saturated rings. The van der Waals surface area contributed by atoms with Gasteiger partial charge in [0.1, 0.15) is 5.82 Å². The van der Waals surface area contributed by atoms with Gasteiger partial charge in [0.15, 0.2) is 0 Å². The molecule has 1 nitrogen and oxygen atoms in total. The Kier molecular flexibility index (Phi) is 4.18. The van der Waals surface area contributed by atoms with Crippen molar-refractivity contribution in [3.05, 3.63) is 64.4 Å². The number of benzene rings is 2. The number of nitrogens with one attached hydrogen (secondary N) is 1. The van der Waals surface area contributed by atoms with Gasteiger partial charge in [-0.1, -0.05) is 23.7 Å². The largest absolute Gasteiger partial charge is 0.416 e. The summed E-state index contributed by atoms with van der Waals surface area (Å²) in [5.41, 5.74) is 0.390. The molecule has 0 aliphatic heterocycles. The molecule has 0 unspecified atom stereocenters. The third-order valence-corrected chi connectivity index (χ3v) is 3.01. The van der Waals surface area contributed by atoms with E-state index in [1.807, 2.05) is 0 Å². The van der Waals surface area contributed by atoms with Gasteiger partial charge in [-0.3, -0.25) is 0 Å². The molecule has 0 atom stereocenters. The summed E-state index contributed by atoms with van der Waals surface area (Å²) in [7, 11) is 0. The highest BCUT2D eigenvalue weighted by Gasteiger charge is 2.30. The molecule has 0 saturated heterocycles. The molecule has 0 spiro atoms. The number of alkyl halides is 3. The summed E-state index contributed by atoms with van der Waals surface area (Å²) >= 11 is 5.80. The monoisotopic (exact) mass is 303 g/mol. The van der Waals surface area contributed by atoms with Gasteiger partial charge < -0.3 is 5.32 Å². The molecule has 2 aromatic rings. The van der Waals surface area contributed by atoms with Gasteiger partial charge in [0.05, 0.1) is 16.3 Å². The number of halogens is 5. The van der Waals surface area contributed by atoms with Crippen LogP contribution in [0.2, 0.25) is 5.02 Å². The van der Waals surface area contributed by atoms with E-state index in [0.717, 1.165) is 17.7 Å². The molecule has 6 heteroatoms. The van der Waals surface area contributed by atoms with Crippen molar-refractivity contribution in [3.63, 3.8) is 0 Å². The molecule has 20 heavy (non-hydrogen) atoms. The van der Waals surface area contributed by atoms with E-state index in [1.54, 1.807) is 12.1 Å². The second-order valence-corrected chi connectivity index (χ2v) is 4.58. The fourth-order valence-corrected chi connectivity index (χ4v) is 1.88. The Balaban J connectivity index is 2.08. The van der Waals surface area contributed by atoms with Crippen molar-refractivity contribution in [3.8, 4) is 0 Å². The van der Waals surface area contributed by atoms with E-state index in [9.17, 15) is 17.6 Å². The van der Waals surface area contributed by atoms with Crippen molar-refractivity contribution in [1.29, 1.82) is 0 Å². The molecule has 0 aliphatic carbocycles. The lowest BCUT2D eigenvalue weighted by molar-refractivity contribution is -0.137. The van der Waals surface area contributed by atoms with Crippen LogP contribution < -0.4 is 5.32 Å².